The molecular formula is C15H11Cl2F3O. The molecule has 0 aromatic heterocycles. The summed E-state index contributed by atoms with van der Waals surface area (Å²) in [5, 5.41) is 10.4. The lowest BCUT2D eigenvalue weighted by atomic mass is 9.89. The maximum absolute atomic E-state index is 13.5. The number of halogens is 5. The van der Waals surface area contributed by atoms with E-state index in [-0.39, 0.29) is 27.6 Å². The second kappa shape index (κ2) is 5.87. The Labute approximate surface area is 129 Å². The highest BCUT2D eigenvalue weighted by atomic mass is 35.5. The van der Waals surface area contributed by atoms with Gasteiger partial charge in [0.2, 0.25) is 0 Å². The lowest BCUT2D eigenvalue weighted by Crippen LogP contribution is -2.25. The molecule has 112 valence electrons. The van der Waals surface area contributed by atoms with Gasteiger partial charge in [-0.1, -0.05) is 23.2 Å². The summed E-state index contributed by atoms with van der Waals surface area (Å²) in [5.41, 5.74) is -1.29. The minimum absolute atomic E-state index is 0.0725. The number of rotatable bonds is 3. The molecule has 0 spiro atoms. The van der Waals surface area contributed by atoms with Gasteiger partial charge in [0.25, 0.3) is 0 Å². The van der Waals surface area contributed by atoms with Crippen molar-refractivity contribution in [2.45, 2.75) is 18.9 Å². The normalized spacial score (nSPS) is 14.0. The van der Waals surface area contributed by atoms with E-state index in [4.69, 9.17) is 23.2 Å². The lowest BCUT2D eigenvalue weighted by molar-refractivity contribution is 0.0573. The third kappa shape index (κ3) is 3.70. The SMILES string of the molecule is CC(O)(Cc1cc(F)cc(F)c1)c1cc(F)c(Cl)cc1Cl. The smallest absolute Gasteiger partial charge is 0.142 e. The molecule has 0 amide bonds. The highest BCUT2D eigenvalue weighted by molar-refractivity contribution is 6.35. The van der Waals surface area contributed by atoms with E-state index in [1.807, 2.05) is 0 Å². The van der Waals surface area contributed by atoms with E-state index >= 15 is 0 Å². The van der Waals surface area contributed by atoms with Crippen molar-refractivity contribution in [1.82, 2.24) is 0 Å². The zero-order valence-electron chi connectivity index (χ0n) is 10.9. The average molecular weight is 335 g/mol. The summed E-state index contributed by atoms with van der Waals surface area (Å²) in [6.45, 7) is 1.38. The molecule has 1 atom stereocenters. The largest absolute Gasteiger partial charge is 0.385 e. The van der Waals surface area contributed by atoms with E-state index < -0.39 is 23.1 Å². The number of hydrogen-bond donors (Lipinski definition) is 1. The van der Waals surface area contributed by atoms with Crippen molar-refractivity contribution in [2.24, 2.45) is 0 Å². The van der Waals surface area contributed by atoms with Gasteiger partial charge in [0.1, 0.15) is 17.5 Å². The molecule has 6 heteroatoms. The van der Waals surface area contributed by atoms with E-state index in [1.54, 1.807) is 0 Å². The lowest BCUT2D eigenvalue weighted by Gasteiger charge is -2.25. The van der Waals surface area contributed by atoms with Crippen molar-refractivity contribution in [3.05, 3.63) is 69.0 Å². The van der Waals surface area contributed by atoms with Crippen LogP contribution >= 0.6 is 23.2 Å². The molecule has 0 saturated heterocycles. The Balaban J connectivity index is 2.40. The maximum Gasteiger partial charge on any atom is 0.142 e. The monoisotopic (exact) mass is 334 g/mol. The maximum atomic E-state index is 13.5. The molecular weight excluding hydrogens is 324 g/mol. The first kappa shape index (κ1) is 16.1. The average Bonchev–Trinajstić information content (AvgIpc) is 2.31. The van der Waals surface area contributed by atoms with Gasteiger partial charge in [-0.3, -0.25) is 0 Å². The van der Waals surface area contributed by atoms with Crippen molar-refractivity contribution >= 4 is 23.2 Å². The van der Waals surface area contributed by atoms with Gasteiger partial charge in [0.05, 0.1) is 10.6 Å². The van der Waals surface area contributed by atoms with E-state index in [9.17, 15) is 18.3 Å². The fourth-order valence-corrected chi connectivity index (χ4v) is 2.73. The van der Waals surface area contributed by atoms with Crippen LogP contribution in [0.4, 0.5) is 13.2 Å². The molecule has 0 fully saturated rings. The molecule has 0 aliphatic carbocycles. The molecule has 0 radical (unpaired) electrons. The summed E-state index contributed by atoms with van der Waals surface area (Å²) in [6, 6.07) is 5.11. The Morgan fingerprint density at radius 2 is 1.52 bits per heavy atom. The van der Waals surface area contributed by atoms with Gasteiger partial charge < -0.3 is 5.11 Å². The fourth-order valence-electron chi connectivity index (χ4n) is 2.14. The number of benzene rings is 2. The summed E-state index contributed by atoms with van der Waals surface area (Å²) in [6.07, 6.45) is -0.136. The van der Waals surface area contributed by atoms with E-state index in [0.717, 1.165) is 24.3 Å². The third-order valence-corrected chi connectivity index (χ3v) is 3.66. The number of aliphatic hydroxyl groups is 1. The molecule has 2 rings (SSSR count). The van der Waals surface area contributed by atoms with Crippen LogP contribution in [0, 0.1) is 17.5 Å². The molecule has 0 aliphatic rings. The van der Waals surface area contributed by atoms with Crippen LogP contribution < -0.4 is 0 Å². The Morgan fingerprint density at radius 3 is 2.10 bits per heavy atom. The van der Waals surface area contributed by atoms with Crippen molar-refractivity contribution in [3.63, 3.8) is 0 Å². The zero-order chi connectivity index (χ0) is 15.8. The summed E-state index contributed by atoms with van der Waals surface area (Å²) in [4.78, 5) is 0. The molecule has 2 aromatic carbocycles. The summed E-state index contributed by atoms with van der Waals surface area (Å²) >= 11 is 11.6. The highest BCUT2D eigenvalue weighted by Crippen LogP contribution is 2.34. The van der Waals surface area contributed by atoms with Crippen LogP contribution in [-0.4, -0.2) is 5.11 Å². The molecule has 2 aromatic rings. The Bertz CT molecular complexity index is 667. The topological polar surface area (TPSA) is 20.2 Å². The Hall–Kier alpha value is -1.23. The van der Waals surface area contributed by atoms with Gasteiger partial charge in [-0.25, -0.2) is 13.2 Å². The van der Waals surface area contributed by atoms with Crippen molar-refractivity contribution in [3.8, 4) is 0 Å². The van der Waals surface area contributed by atoms with Gasteiger partial charge in [-0.05, 0) is 36.8 Å². The Kier molecular flexibility index (Phi) is 4.51. The van der Waals surface area contributed by atoms with Crippen LogP contribution in [-0.2, 0) is 12.0 Å². The van der Waals surface area contributed by atoms with Gasteiger partial charge in [0, 0.05) is 23.1 Å². The predicted molar refractivity (Wildman–Crippen MR) is 76.1 cm³/mol. The summed E-state index contributed by atoms with van der Waals surface area (Å²) in [5.74, 6) is -2.25. The van der Waals surface area contributed by atoms with Gasteiger partial charge in [0.15, 0.2) is 0 Å². The van der Waals surface area contributed by atoms with Crippen LogP contribution in [0.15, 0.2) is 30.3 Å². The minimum Gasteiger partial charge on any atom is -0.385 e. The summed E-state index contributed by atoms with van der Waals surface area (Å²) in [7, 11) is 0. The zero-order valence-corrected chi connectivity index (χ0v) is 12.4. The highest BCUT2D eigenvalue weighted by Gasteiger charge is 2.28. The first-order chi connectivity index (χ1) is 9.69. The molecule has 0 heterocycles. The first-order valence-electron chi connectivity index (χ1n) is 6.01. The van der Waals surface area contributed by atoms with Crippen molar-refractivity contribution in [1.29, 1.82) is 0 Å². The van der Waals surface area contributed by atoms with Crippen LogP contribution in [0.25, 0.3) is 0 Å². The fraction of sp³-hybridized carbons (Fsp3) is 0.200. The van der Waals surface area contributed by atoms with Crippen molar-refractivity contribution in [2.75, 3.05) is 0 Å². The molecule has 0 bridgehead atoms. The Morgan fingerprint density at radius 1 is 0.952 bits per heavy atom. The number of hydrogen-bond acceptors (Lipinski definition) is 1. The molecule has 21 heavy (non-hydrogen) atoms. The predicted octanol–water partition coefficient (Wildman–Crippen LogP) is 4.86. The van der Waals surface area contributed by atoms with E-state index in [0.29, 0.717) is 0 Å². The van der Waals surface area contributed by atoms with Gasteiger partial charge in [-0.2, -0.15) is 0 Å². The molecule has 1 nitrogen and oxygen atoms in total. The van der Waals surface area contributed by atoms with Gasteiger partial charge >= 0.3 is 0 Å². The van der Waals surface area contributed by atoms with Gasteiger partial charge in [-0.15, -0.1) is 0 Å². The molecule has 0 saturated carbocycles. The summed E-state index contributed by atoms with van der Waals surface area (Å²) < 4.78 is 39.9. The van der Waals surface area contributed by atoms with Crippen LogP contribution in [0.1, 0.15) is 18.1 Å². The van der Waals surface area contributed by atoms with E-state index in [1.165, 1.54) is 13.0 Å². The molecule has 1 unspecified atom stereocenters. The van der Waals surface area contributed by atoms with E-state index in [2.05, 4.69) is 0 Å². The van der Waals surface area contributed by atoms with Crippen molar-refractivity contribution < 1.29 is 18.3 Å². The standard InChI is InChI=1S/C15H11Cl2F3O/c1-15(21,7-8-2-9(18)4-10(19)3-8)11-5-14(20)13(17)6-12(11)16/h2-6,21H,7H2,1H3. The second-order valence-electron chi connectivity index (χ2n) is 4.97. The van der Waals surface area contributed by atoms with Crippen LogP contribution in [0.5, 0.6) is 0 Å². The van der Waals surface area contributed by atoms with Crippen LogP contribution in [0.2, 0.25) is 10.0 Å². The molecule has 1 N–H and O–H groups in total. The third-order valence-electron chi connectivity index (χ3n) is 3.06. The minimum atomic E-state index is -1.61. The van der Waals surface area contributed by atoms with Crippen LogP contribution in [0.3, 0.4) is 0 Å². The second-order valence-corrected chi connectivity index (χ2v) is 5.79. The quantitative estimate of drug-likeness (QED) is 0.794. The first-order valence-corrected chi connectivity index (χ1v) is 6.77. The molecule has 0 aliphatic heterocycles.